The number of benzene rings is 3. The lowest BCUT2D eigenvalue weighted by molar-refractivity contribution is -0.686. The number of rotatable bonds is 4. The highest BCUT2D eigenvalue weighted by molar-refractivity contribution is 9.10. The molecule has 2 nitrogen and oxygen atoms in total. The molecule has 30 heavy (non-hydrogen) atoms. The first-order valence-corrected chi connectivity index (χ1v) is 10.7. The second-order valence-corrected chi connectivity index (χ2v) is 8.24. The Labute approximate surface area is 184 Å². The van der Waals surface area contributed by atoms with Crippen molar-refractivity contribution in [3.63, 3.8) is 0 Å². The minimum absolute atomic E-state index is 0.769. The van der Waals surface area contributed by atoms with Crippen LogP contribution < -0.4 is 4.57 Å². The SMILES string of the molecule is C=CC[n+]1cccc(-c2cc(-c3ccc(Br)cc3)c3c(ccc4ccccc43)n2)c1. The first-order valence-electron chi connectivity index (χ1n) is 9.92. The van der Waals surface area contributed by atoms with E-state index in [2.05, 4.69) is 118 Å². The van der Waals surface area contributed by atoms with Crippen molar-refractivity contribution < 1.29 is 4.57 Å². The molecule has 0 spiro atoms. The van der Waals surface area contributed by atoms with Crippen LogP contribution in [0.5, 0.6) is 0 Å². The standard InChI is InChI=1S/C27H20BrN2/c1-2-15-30-16-5-7-21(18-30)26-17-24(20-9-12-22(28)13-10-20)27-23-8-4-3-6-19(23)11-14-25(27)29-26/h2-14,16-18H,1,15H2/q+1. The van der Waals surface area contributed by atoms with Crippen molar-refractivity contribution in [1.29, 1.82) is 0 Å². The molecule has 0 saturated carbocycles. The van der Waals surface area contributed by atoms with Crippen molar-refractivity contribution in [2.75, 3.05) is 0 Å². The van der Waals surface area contributed by atoms with Crippen LogP contribution in [0.1, 0.15) is 0 Å². The molecule has 0 aliphatic rings. The Morgan fingerprint density at radius 2 is 1.73 bits per heavy atom. The zero-order valence-electron chi connectivity index (χ0n) is 16.4. The lowest BCUT2D eigenvalue weighted by Gasteiger charge is -2.13. The van der Waals surface area contributed by atoms with Gasteiger partial charge in [-0.1, -0.05) is 65.0 Å². The van der Waals surface area contributed by atoms with Crippen molar-refractivity contribution >= 4 is 37.6 Å². The maximum atomic E-state index is 5.05. The normalized spacial score (nSPS) is 11.1. The van der Waals surface area contributed by atoms with Crippen LogP contribution in [-0.2, 0) is 6.54 Å². The summed E-state index contributed by atoms with van der Waals surface area (Å²) < 4.78 is 3.19. The van der Waals surface area contributed by atoms with Crippen molar-refractivity contribution in [2.45, 2.75) is 6.54 Å². The van der Waals surface area contributed by atoms with Gasteiger partial charge in [0.25, 0.3) is 0 Å². The van der Waals surface area contributed by atoms with Crippen LogP contribution >= 0.6 is 15.9 Å². The van der Waals surface area contributed by atoms with Gasteiger partial charge in [-0.3, -0.25) is 0 Å². The minimum atomic E-state index is 0.769. The summed E-state index contributed by atoms with van der Waals surface area (Å²) in [6.07, 6.45) is 6.08. The fourth-order valence-electron chi connectivity index (χ4n) is 3.95. The predicted molar refractivity (Wildman–Crippen MR) is 128 cm³/mol. The summed E-state index contributed by atoms with van der Waals surface area (Å²) in [4.78, 5) is 5.05. The molecule has 5 rings (SSSR count). The number of aromatic nitrogens is 2. The van der Waals surface area contributed by atoms with Crippen LogP contribution in [0.4, 0.5) is 0 Å². The molecule has 0 bridgehead atoms. The Morgan fingerprint density at radius 3 is 2.57 bits per heavy atom. The topological polar surface area (TPSA) is 16.8 Å². The van der Waals surface area contributed by atoms with Crippen molar-refractivity contribution in [3.8, 4) is 22.4 Å². The molecule has 2 heterocycles. The van der Waals surface area contributed by atoms with Gasteiger partial charge < -0.3 is 0 Å². The molecule has 0 radical (unpaired) electrons. The second-order valence-electron chi connectivity index (χ2n) is 7.32. The molecule has 0 saturated heterocycles. The Kier molecular flexibility index (Phi) is 4.89. The minimum Gasteiger partial charge on any atom is -0.247 e. The highest BCUT2D eigenvalue weighted by Crippen LogP contribution is 2.36. The number of nitrogens with zero attached hydrogens (tertiary/aromatic N) is 2. The van der Waals surface area contributed by atoms with Crippen molar-refractivity contribution in [3.05, 3.63) is 108 Å². The van der Waals surface area contributed by atoms with Crippen molar-refractivity contribution in [2.24, 2.45) is 0 Å². The third-order valence-electron chi connectivity index (χ3n) is 5.35. The van der Waals surface area contributed by atoms with E-state index in [1.807, 2.05) is 6.08 Å². The summed E-state index contributed by atoms with van der Waals surface area (Å²) in [5.74, 6) is 0. The van der Waals surface area contributed by atoms with Gasteiger partial charge in [-0.05, 0) is 58.3 Å². The molecule has 0 N–H and O–H groups in total. The number of allylic oxidation sites excluding steroid dienone is 1. The van der Waals surface area contributed by atoms with Gasteiger partial charge in [0.05, 0.1) is 16.8 Å². The molecule has 144 valence electrons. The average molecular weight is 452 g/mol. The summed E-state index contributed by atoms with van der Waals surface area (Å²) in [6, 6.07) is 27.7. The fraction of sp³-hybridized carbons (Fsp3) is 0.0370. The molecule has 3 aromatic carbocycles. The van der Waals surface area contributed by atoms with E-state index in [4.69, 9.17) is 4.98 Å². The number of hydrogen-bond donors (Lipinski definition) is 0. The molecule has 0 unspecified atom stereocenters. The second kappa shape index (κ2) is 7.85. The zero-order chi connectivity index (χ0) is 20.5. The molecular formula is C27H20BrN2+. The summed E-state index contributed by atoms with van der Waals surface area (Å²) in [5, 5.41) is 3.64. The lowest BCUT2D eigenvalue weighted by Crippen LogP contribution is -2.31. The number of hydrogen-bond acceptors (Lipinski definition) is 1. The lowest BCUT2D eigenvalue weighted by atomic mass is 9.95. The van der Waals surface area contributed by atoms with Crippen LogP contribution in [0.15, 0.2) is 108 Å². The van der Waals surface area contributed by atoms with E-state index in [0.717, 1.165) is 27.8 Å². The zero-order valence-corrected chi connectivity index (χ0v) is 18.0. The molecule has 0 atom stereocenters. The maximum Gasteiger partial charge on any atom is 0.178 e. The highest BCUT2D eigenvalue weighted by Gasteiger charge is 2.14. The molecule has 0 amide bonds. The Hall–Kier alpha value is -3.30. The largest absolute Gasteiger partial charge is 0.247 e. The van der Waals surface area contributed by atoms with Crippen LogP contribution in [0.2, 0.25) is 0 Å². The van der Waals surface area contributed by atoms with E-state index in [9.17, 15) is 0 Å². The number of pyridine rings is 2. The third kappa shape index (κ3) is 3.42. The summed E-state index contributed by atoms with van der Waals surface area (Å²) >= 11 is 3.56. The van der Waals surface area contributed by atoms with Gasteiger partial charge in [-0.15, -0.1) is 0 Å². The van der Waals surface area contributed by atoms with Crippen molar-refractivity contribution in [1.82, 2.24) is 4.98 Å². The first kappa shape index (κ1) is 18.7. The quantitative estimate of drug-likeness (QED) is 0.164. The van der Waals surface area contributed by atoms with E-state index in [1.165, 1.54) is 27.3 Å². The van der Waals surface area contributed by atoms with E-state index in [0.29, 0.717) is 0 Å². The van der Waals surface area contributed by atoms with E-state index in [-0.39, 0.29) is 0 Å². The number of halogens is 1. The first-order chi connectivity index (χ1) is 14.7. The fourth-order valence-corrected chi connectivity index (χ4v) is 4.21. The van der Waals surface area contributed by atoms with Gasteiger partial charge >= 0.3 is 0 Å². The van der Waals surface area contributed by atoms with Gasteiger partial charge in [0.1, 0.15) is 0 Å². The summed E-state index contributed by atoms with van der Waals surface area (Å²) in [7, 11) is 0. The van der Waals surface area contributed by atoms with Crippen LogP contribution in [0.3, 0.4) is 0 Å². The molecule has 0 aliphatic carbocycles. The average Bonchev–Trinajstić information content (AvgIpc) is 2.79. The van der Waals surface area contributed by atoms with Gasteiger partial charge in [-0.25, -0.2) is 9.55 Å². The highest BCUT2D eigenvalue weighted by atomic mass is 79.9. The molecular weight excluding hydrogens is 432 g/mol. The predicted octanol–water partition coefficient (Wildman–Crippen LogP) is 6.96. The maximum absolute atomic E-state index is 5.05. The monoisotopic (exact) mass is 451 g/mol. The summed E-state index contributed by atoms with van der Waals surface area (Å²) in [5.41, 5.74) is 5.43. The van der Waals surface area contributed by atoms with Crippen LogP contribution in [0.25, 0.3) is 44.1 Å². The smallest absolute Gasteiger partial charge is 0.178 e. The number of fused-ring (bicyclic) bond motifs is 3. The third-order valence-corrected chi connectivity index (χ3v) is 5.88. The van der Waals surface area contributed by atoms with Crippen LogP contribution in [0, 0.1) is 0 Å². The van der Waals surface area contributed by atoms with Gasteiger partial charge in [0, 0.05) is 15.9 Å². The Bertz CT molecular complexity index is 1390. The molecule has 3 heteroatoms. The molecule has 0 aliphatic heterocycles. The Morgan fingerprint density at radius 1 is 0.900 bits per heavy atom. The Balaban J connectivity index is 1.83. The molecule has 2 aromatic heterocycles. The van der Waals surface area contributed by atoms with E-state index >= 15 is 0 Å². The van der Waals surface area contributed by atoms with E-state index in [1.54, 1.807) is 0 Å². The van der Waals surface area contributed by atoms with E-state index < -0.39 is 0 Å². The van der Waals surface area contributed by atoms with Gasteiger partial charge in [0.2, 0.25) is 0 Å². The molecule has 0 fully saturated rings. The summed E-state index contributed by atoms with van der Waals surface area (Å²) in [6.45, 7) is 4.62. The van der Waals surface area contributed by atoms with Gasteiger partial charge in [-0.2, -0.15) is 0 Å². The van der Waals surface area contributed by atoms with Crippen LogP contribution in [-0.4, -0.2) is 4.98 Å². The van der Waals surface area contributed by atoms with Gasteiger partial charge in [0.15, 0.2) is 18.9 Å². The molecule has 5 aromatic rings.